The van der Waals surface area contributed by atoms with Gasteiger partial charge in [0, 0.05) is 51.4 Å². The second kappa shape index (κ2) is 8.23. The zero-order valence-corrected chi connectivity index (χ0v) is 16.3. The normalized spacial score (nSPS) is 16.2. The molecule has 3 rings (SSSR count). The summed E-state index contributed by atoms with van der Waals surface area (Å²) < 4.78 is 0. The molecule has 1 fully saturated rings. The molecule has 0 bridgehead atoms. The molecule has 1 aliphatic rings. The third-order valence-electron chi connectivity index (χ3n) is 4.95. The lowest BCUT2D eigenvalue weighted by molar-refractivity contribution is 0.0779. The van der Waals surface area contributed by atoms with Crippen LogP contribution in [0.15, 0.2) is 35.1 Å². The van der Waals surface area contributed by atoms with E-state index >= 15 is 0 Å². The van der Waals surface area contributed by atoms with Crippen LogP contribution in [0, 0.1) is 11.3 Å². The van der Waals surface area contributed by atoms with Crippen LogP contribution in [-0.4, -0.2) is 65.9 Å². The molecule has 2 aromatic rings. The Kier molecular flexibility index (Phi) is 5.76. The minimum Gasteiger partial charge on any atom is -0.348 e. The van der Waals surface area contributed by atoms with Crippen molar-refractivity contribution in [2.24, 2.45) is 0 Å². The van der Waals surface area contributed by atoms with Crippen molar-refractivity contribution >= 4 is 11.9 Å². The number of rotatable bonds is 5. The Morgan fingerprint density at radius 2 is 2.04 bits per heavy atom. The van der Waals surface area contributed by atoms with Gasteiger partial charge in [0.15, 0.2) is 0 Å². The lowest BCUT2D eigenvalue weighted by Gasteiger charge is -2.24. The summed E-state index contributed by atoms with van der Waals surface area (Å²) >= 11 is 0. The van der Waals surface area contributed by atoms with Gasteiger partial charge in [-0.1, -0.05) is 0 Å². The van der Waals surface area contributed by atoms with Crippen LogP contribution in [0.25, 0.3) is 0 Å². The van der Waals surface area contributed by atoms with E-state index in [-0.39, 0.29) is 17.5 Å². The first kappa shape index (κ1) is 19.6. The van der Waals surface area contributed by atoms with Crippen molar-refractivity contribution in [1.29, 1.82) is 5.26 Å². The molecular formula is C20H24N6O2. The van der Waals surface area contributed by atoms with Crippen LogP contribution in [-0.2, 0) is 6.54 Å². The standard InChI is InChI=1S/C20H24N6O2/c1-24(2)20-22-16(10-18(27)23-20)12-25(3)17-8-9-26(13-17)19(28)15-6-4-14(11-21)5-7-15/h4-7,10,17H,8-9,12-13H2,1-3H3,(H,22,23,27)/t17-/m1/s1. The number of likely N-dealkylation sites (N-methyl/N-ethyl adjacent to an activating group) is 1. The smallest absolute Gasteiger partial charge is 0.253 e. The molecular weight excluding hydrogens is 356 g/mol. The first-order valence-electron chi connectivity index (χ1n) is 9.14. The van der Waals surface area contributed by atoms with Gasteiger partial charge in [-0.2, -0.15) is 5.26 Å². The highest BCUT2D eigenvalue weighted by molar-refractivity contribution is 5.94. The van der Waals surface area contributed by atoms with E-state index < -0.39 is 0 Å². The molecule has 8 heteroatoms. The summed E-state index contributed by atoms with van der Waals surface area (Å²) in [5.41, 5.74) is 1.66. The second-order valence-electron chi connectivity index (χ2n) is 7.25. The highest BCUT2D eigenvalue weighted by atomic mass is 16.2. The molecule has 0 spiro atoms. The van der Waals surface area contributed by atoms with E-state index in [4.69, 9.17) is 5.26 Å². The van der Waals surface area contributed by atoms with Crippen LogP contribution < -0.4 is 10.5 Å². The number of amides is 1. The minimum atomic E-state index is -0.175. The van der Waals surface area contributed by atoms with Gasteiger partial charge in [0.05, 0.1) is 17.3 Å². The fourth-order valence-corrected chi connectivity index (χ4v) is 3.33. The molecule has 1 saturated heterocycles. The van der Waals surface area contributed by atoms with E-state index in [0.717, 1.165) is 6.42 Å². The summed E-state index contributed by atoms with van der Waals surface area (Å²) in [5, 5.41) is 8.88. The molecule has 1 aromatic heterocycles. The zero-order valence-electron chi connectivity index (χ0n) is 16.3. The highest BCUT2D eigenvalue weighted by Gasteiger charge is 2.29. The maximum atomic E-state index is 12.7. The number of aromatic nitrogens is 2. The van der Waals surface area contributed by atoms with Crippen LogP contribution in [0.1, 0.15) is 28.0 Å². The van der Waals surface area contributed by atoms with Crippen LogP contribution in [0.3, 0.4) is 0 Å². The average Bonchev–Trinajstić information content (AvgIpc) is 3.17. The van der Waals surface area contributed by atoms with Crippen LogP contribution in [0.5, 0.6) is 0 Å². The van der Waals surface area contributed by atoms with Crippen molar-refractivity contribution in [3.05, 3.63) is 57.5 Å². The van der Waals surface area contributed by atoms with Gasteiger partial charge in [0.1, 0.15) is 0 Å². The topological polar surface area (TPSA) is 96.3 Å². The third kappa shape index (κ3) is 4.38. The summed E-state index contributed by atoms with van der Waals surface area (Å²) in [4.78, 5) is 37.5. The third-order valence-corrected chi connectivity index (χ3v) is 4.95. The number of hydrogen-bond acceptors (Lipinski definition) is 6. The largest absolute Gasteiger partial charge is 0.348 e. The number of likely N-dealkylation sites (tertiary alicyclic amines) is 1. The Morgan fingerprint density at radius 1 is 1.32 bits per heavy atom. The van der Waals surface area contributed by atoms with Crippen molar-refractivity contribution < 1.29 is 4.79 Å². The molecule has 1 aromatic carbocycles. The number of carbonyl (C=O) groups excluding carboxylic acids is 1. The number of benzene rings is 1. The zero-order chi connectivity index (χ0) is 20.3. The first-order valence-corrected chi connectivity index (χ1v) is 9.14. The van der Waals surface area contributed by atoms with E-state index in [0.29, 0.717) is 42.4 Å². The van der Waals surface area contributed by atoms with E-state index in [2.05, 4.69) is 20.9 Å². The number of carbonyl (C=O) groups is 1. The number of hydrogen-bond donors (Lipinski definition) is 1. The molecule has 1 atom stereocenters. The Hall–Kier alpha value is -3.18. The van der Waals surface area contributed by atoms with E-state index in [1.54, 1.807) is 29.2 Å². The first-order chi connectivity index (χ1) is 13.4. The van der Waals surface area contributed by atoms with Crippen molar-refractivity contribution in [2.45, 2.75) is 19.0 Å². The van der Waals surface area contributed by atoms with Crippen molar-refractivity contribution in [1.82, 2.24) is 19.8 Å². The molecule has 1 aliphatic heterocycles. The van der Waals surface area contributed by atoms with Gasteiger partial charge >= 0.3 is 0 Å². The van der Waals surface area contributed by atoms with E-state index in [1.807, 2.05) is 26.0 Å². The second-order valence-corrected chi connectivity index (χ2v) is 7.25. The SMILES string of the molecule is CN(C)c1nc(CN(C)[C@@H]2CCN(C(=O)c3ccc(C#N)cc3)C2)cc(=O)[nH]1. The molecule has 1 N–H and O–H groups in total. The maximum Gasteiger partial charge on any atom is 0.253 e. The Morgan fingerprint density at radius 3 is 2.68 bits per heavy atom. The number of anilines is 1. The summed E-state index contributed by atoms with van der Waals surface area (Å²) in [7, 11) is 5.64. The van der Waals surface area contributed by atoms with E-state index in [1.165, 1.54) is 6.07 Å². The number of H-pyrrole nitrogens is 1. The predicted molar refractivity (Wildman–Crippen MR) is 106 cm³/mol. The molecule has 0 aliphatic carbocycles. The molecule has 28 heavy (non-hydrogen) atoms. The van der Waals surface area contributed by atoms with Crippen molar-refractivity contribution in [3.8, 4) is 6.07 Å². The molecule has 0 unspecified atom stereocenters. The Balaban J connectivity index is 1.64. The number of nitrogens with zero attached hydrogens (tertiary/aromatic N) is 5. The molecule has 8 nitrogen and oxygen atoms in total. The highest BCUT2D eigenvalue weighted by Crippen LogP contribution is 2.19. The predicted octanol–water partition coefficient (Wildman–Crippen LogP) is 1.05. The Bertz CT molecular complexity index is 944. The fourth-order valence-electron chi connectivity index (χ4n) is 3.33. The lowest BCUT2D eigenvalue weighted by atomic mass is 10.1. The van der Waals surface area contributed by atoms with Gasteiger partial charge in [-0.25, -0.2) is 4.98 Å². The quantitative estimate of drug-likeness (QED) is 0.833. The number of nitriles is 1. The van der Waals surface area contributed by atoms with Gasteiger partial charge in [-0.15, -0.1) is 0 Å². The molecule has 1 amide bonds. The summed E-state index contributed by atoms with van der Waals surface area (Å²) in [5.74, 6) is 0.504. The van der Waals surface area contributed by atoms with Gasteiger partial charge in [-0.05, 0) is 37.7 Å². The molecule has 0 saturated carbocycles. The van der Waals surface area contributed by atoms with Gasteiger partial charge < -0.3 is 9.80 Å². The van der Waals surface area contributed by atoms with Gasteiger partial charge in [0.2, 0.25) is 5.95 Å². The summed E-state index contributed by atoms with van der Waals surface area (Å²) in [6.07, 6.45) is 0.863. The molecule has 0 radical (unpaired) electrons. The number of nitrogens with one attached hydrogen (secondary N) is 1. The van der Waals surface area contributed by atoms with Gasteiger partial charge in [0.25, 0.3) is 11.5 Å². The number of aromatic amines is 1. The Labute approximate surface area is 164 Å². The van der Waals surface area contributed by atoms with Crippen molar-refractivity contribution in [3.63, 3.8) is 0 Å². The lowest BCUT2D eigenvalue weighted by Crippen LogP contribution is -2.36. The van der Waals surface area contributed by atoms with Gasteiger partial charge in [-0.3, -0.25) is 19.5 Å². The van der Waals surface area contributed by atoms with Crippen LogP contribution in [0.4, 0.5) is 5.95 Å². The average molecular weight is 380 g/mol. The monoisotopic (exact) mass is 380 g/mol. The summed E-state index contributed by atoms with van der Waals surface area (Å²) in [6.45, 7) is 1.84. The minimum absolute atomic E-state index is 0.0236. The molecule has 146 valence electrons. The van der Waals surface area contributed by atoms with E-state index in [9.17, 15) is 9.59 Å². The fraction of sp³-hybridized carbons (Fsp3) is 0.400. The maximum absolute atomic E-state index is 12.7. The van der Waals surface area contributed by atoms with Crippen LogP contribution >= 0.6 is 0 Å². The van der Waals surface area contributed by atoms with Crippen LogP contribution in [0.2, 0.25) is 0 Å². The molecule has 2 heterocycles. The van der Waals surface area contributed by atoms with Crippen molar-refractivity contribution in [2.75, 3.05) is 39.1 Å². The summed E-state index contributed by atoms with van der Waals surface area (Å²) in [6, 6.07) is 10.5.